The fraction of sp³-hybridized carbons (Fsp3) is 0.200. The first-order valence-corrected chi connectivity index (χ1v) is 6.14. The van der Waals surface area contributed by atoms with Crippen LogP contribution in [0.3, 0.4) is 0 Å². The van der Waals surface area contributed by atoms with E-state index in [1.165, 1.54) is 6.07 Å². The molecular weight excluding hydrogens is 249 g/mol. The first-order valence-electron chi connectivity index (χ1n) is 5.77. The third-order valence-corrected chi connectivity index (χ3v) is 3.36. The van der Waals surface area contributed by atoms with Gasteiger partial charge in [-0.05, 0) is 60.7 Å². The van der Waals surface area contributed by atoms with E-state index in [9.17, 15) is 4.39 Å². The summed E-state index contributed by atoms with van der Waals surface area (Å²) in [5.74, 6) is -0.180. The predicted octanol–water partition coefficient (Wildman–Crippen LogP) is 4.27. The van der Waals surface area contributed by atoms with Crippen molar-refractivity contribution in [2.24, 2.45) is 0 Å². The van der Waals surface area contributed by atoms with Gasteiger partial charge in [0.25, 0.3) is 0 Å². The van der Waals surface area contributed by atoms with Crippen molar-refractivity contribution in [1.29, 1.82) is 0 Å². The molecule has 0 aliphatic rings. The Morgan fingerprint density at radius 2 is 1.89 bits per heavy atom. The van der Waals surface area contributed by atoms with E-state index in [1.807, 2.05) is 19.1 Å². The molecule has 0 aliphatic heterocycles. The standard InChI is InChI=1S/C15H15ClFN/c1-9-5-11(3-4-14(9)17)6-12-7-13(16)8-15(18)10(12)2/h3-5,7-8H,6,18H2,1-2H3. The molecule has 94 valence electrons. The summed E-state index contributed by atoms with van der Waals surface area (Å²) in [5, 5.41) is 0.631. The minimum atomic E-state index is -0.180. The second-order valence-electron chi connectivity index (χ2n) is 4.54. The van der Waals surface area contributed by atoms with Crippen molar-refractivity contribution in [2.75, 3.05) is 5.73 Å². The largest absolute Gasteiger partial charge is 0.398 e. The molecule has 0 amide bonds. The summed E-state index contributed by atoms with van der Waals surface area (Å²) in [7, 11) is 0. The van der Waals surface area contributed by atoms with Gasteiger partial charge in [0.15, 0.2) is 0 Å². The summed E-state index contributed by atoms with van der Waals surface area (Å²) in [6, 6.07) is 8.79. The Morgan fingerprint density at radius 3 is 2.56 bits per heavy atom. The van der Waals surface area contributed by atoms with Crippen molar-refractivity contribution in [1.82, 2.24) is 0 Å². The van der Waals surface area contributed by atoms with Crippen LogP contribution >= 0.6 is 11.6 Å². The summed E-state index contributed by atoms with van der Waals surface area (Å²) in [4.78, 5) is 0. The summed E-state index contributed by atoms with van der Waals surface area (Å²) in [5.41, 5.74) is 10.4. The van der Waals surface area contributed by atoms with Gasteiger partial charge in [-0.25, -0.2) is 4.39 Å². The Kier molecular flexibility index (Phi) is 3.58. The monoisotopic (exact) mass is 263 g/mol. The average molecular weight is 264 g/mol. The molecule has 2 N–H and O–H groups in total. The Bertz CT molecular complexity index is 593. The van der Waals surface area contributed by atoms with Gasteiger partial charge in [0.05, 0.1) is 0 Å². The third-order valence-electron chi connectivity index (χ3n) is 3.14. The fourth-order valence-corrected chi connectivity index (χ4v) is 2.23. The molecule has 2 aromatic carbocycles. The normalized spacial score (nSPS) is 10.7. The van der Waals surface area contributed by atoms with Crippen molar-refractivity contribution in [3.63, 3.8) is 0 Å². The van der Waals surface area contributed by atoms with Gasteiger partial charge in [-0.1, -0.05) is 23.7 Å². The van der Waals surface area contributed by atoms with E-state index in [1.54, 1.807) is 19.1 Å². The van der Waals surface area contributed by atoms with Gasteiger partial charge in [0, 0.05) is 10.7 Å². The maximum absolute atomic E-state index is 13.2. The smallest absolute Gasteiger partial charge is 0.126 e. The number of aryl methyl sites for hydroxylation is 1. The van der Waals surface area contributed by atoms with Crippen molar-refractivity contribution < 1.29 is 4.39 Å². The molecule has 3 heteroatoms. The van der Waals surface area contributed by atoms with E-state index >= 15 is 0 Å². The number of hydrogen-bond donors (Lipinski definition) is 1. The van der Waals surface area contributed by atoms with Gasteiger partial charge in [-0.15, -0.1) is 0 Å². The second kappa shape index (κ2) is 4.99. The quantitative estimate of drug-likeness (QED) is 0.805. The van der Waals surface area contributed by atoms with Crippen LogP contribution in [0, 0.1) is 19.7 Å². The van der Waals surface area contributed by atoms with Crippen LogP contribution < -0.4 is 5.73 Å². The Hall–Kier alpha value is -1.54. The molecule has 0 aromatic heterocycles. The Labute approximate surface area is 111 Å². The number of halogens is 2. The van der Waals surface area contributed by atoms with E-state index in [0.717, 1.165) is 16.7 Å². The highest BCUT2D eigenvalue weighted by atomic mass is 35.5. The van der Waals surface area contributed by atoms with Crippen LogP contribution in [0.5, 0.6) is 0 Å². The van der Waals surface area contributed by atoms with Gasteiger partial charge >= 0.3 is 0 Å². The van der Waals surface area contributed by atoms with Gasteiger partial charge in [-0.3, -0.25) is 0 Å². The third kappa shape index (κ3) is 2.65. The second-order valence-corrected chi connectivity index (χ2v) is 4.98. The summed E-state index contributed by atoms with van der Waals surface area (Å²) in [6.45, 7) is 3.73. The van der Waals surface area contributed by atoms with Crippen LogP contribution in [0.15, 0.2) is 30.3 Å². The zero-order valence-corrected chi connectivity index (χ0v) is 11.2. The maximum atomic E-state index is 13.2. The van der Waals surface area contributed by atoms with E-state index in [2.05, 4.69) is 0 Å². The molecule has 0 spiro atoms. The molecule has 2 rings (SSSR count). The van der Waals surface area contributed by atoms with Crippen molar-refractivity contribution >= 4 is 17.3 Å². The highest BCUT2D eigenvalue weighted by Crippen LogP contribution is 2.25. The van der Waals surface area contributed by atoms with E-state index in [4.69, 9.17) is 17.3 Å². The highest BCUT2D eigenvalue weighted by molar-refractivity contribution is 6.31. The summed E-state index contributed by atoms with van der Waals surface area (Å²) >= 11 is 6.00. The van der Waals surface area contributed by atoms with E-state index < -0.39 is 0 Å². The minimum absolute atomic E-state index is 0.180. The van der Waals surface area contributed by atoms with Crippen LogP contribution in [-0.2, 0) is 6.42 Å². The summed E-state index contributed by atoms with van der Waals surface area (Å²) in [6.07, 6.45) is 0.706. The lowest BCUT2D eigenvalue weighted by Gasteiger charge is -2.10. The molecular formula is C15H15ClFN. The average Bonchev–Trinajstić information content (AvgIpc) is 2.30. The van der Waals surface area contributed by atoms with Gasteiger partial charge < -0.3 is 5.73 Å². The molecule has 0 bridgehead atoms. The van der Waals surface area contributed by atoms with Crippen molar-refractivity contribution in [2.45, 2.75) is 20.3 Å². The molecule has 18 heavy (non-hydrogen) atoms. The Balaban J connectivity index is 2.36. The van der Waals surface area contributed by atoms with Gasteiger partial charge in [-0.2, -0.15) is 0 Å². The molecule has 0 aliphatic carbocycles. The lowest BCUT2D eigenvalue weighted by Crippen LogP contribution is -1.98. The SMILES string of the molecule is Cc1cc(Cc2cc(Cl)cc(N)c2C)ccc1F. The Morgan fingerprint density at radius 1 is 1.17 bits per heavy atom. The highest BCUT2D eigenvalue weighted by Gasteiger charge is 2.06. The molecule has 0 saturated heterocycles. The molecule has 2 aromatic rings. The maximum Gasteiger partial charge on any atom is 0.126 e. The number of benzene rings is 2. The molecule has 0 atom stereocenters. The minimum Gasteiger partial charge on any atom is -0.398 e. The number of rotatable bonds is 2. The predicted molar refractivity (Wildman–Crippen MR) is 74.5 cm³/mol. The zero-order chi connectivity index (χ0) is 13.3. The van der Waals surface area contributed by atoms with Crippen LogP contribution in [0.4, 0.5) is 10.1 Å². The van der Waals surface area contributed by atoms with Gasteiger partial charge in [0.2, 0.25) is 0 Å². The van der Waals surface area contributed by atoms with Crippen LogP contribution in [-0.4, -0.2) is 0 Å². The van der Waals surface area contributed by atoms with E-state index in [-0.39, 0.29) is 5.82 Å². The fourth-order valence-electron chi connectivity index (χ4n) is 1.98. The number of hydrogen-bond acceptors (Lipinski definition) is 1. The van der Waals surface area contributed by atoms with Crippen molar-refractivity contribution in [3.05, 3.63) is 63.4 Å². The van der Waals surface area contributed by atoms with Crippen LogP contribution in [0.2, 0.25) is 5.02 Å². The number of nitrogens with two attached hydrogens (primary N) is 1. The zero-order valence-electron chi connectivity index (χ0n) is 10.4. The first-order chi connectivity index (χ1) is 8.47. The van der Waals surface area contributed by atoms with Crippen LogP contribution in [0.25, 0.3) is 0 Å². The first kappa shape index (κ1) is 12.9. The van der Waals surface area contributed by atoms with Crippen LogP contribution in [0.1, 0.15) is 22.3 Å². The summed E-state index contributed by atoms with van der Waals surface area (Å²) < 4.78 is 13.2. The molecule has 0 fully saturated rings. The number of anilines is 1. The molecule has 1 nitrogen and oxygen atoms in total. The molecule has 0 heterocycles. The lowest BCUT2D eigenvalue weighted by atomic mass is 9.98. The molecule has 0 radical (unpaired) electrons. The van der Waals surface area contributed by atoms with E-state index in [0.29, 0.717) is 22.7 Å². The number of nitrogen functional groups attached to an aromatic ring is 1. The van der Waals surface area contributed by atoms with Gasteiger partial charge in [0.1, 0.15) is 5.82 Å². The topological polar surface area (TPSA) is 26.0 Å². The van der Waals surface area contributed by atoms with Crippen molar-refractivity contribution in [3.8, 4) is 0 Å². The lowest BCUT2D eigenvalue weighted by molar-refractivity contribution is 0.618. The molecule has 0 unspecified atom stereocenters. The molecule has 0 saturated carbocycles.